The van der Waals surface area contributed by atoms with Crippen LogP contribution in [0.4, 0.5) is 10.5 Å². The van der Waals surface area contributed by atoms with E-state index in [0.29, 0.717) is 12.1 Å². The van der Waals surface area contributed by atoms with Crippen LogP contribution in [0.2, 0.25) is 0 Å². The van der Waals surface area contributed by atoms with E-state index in [-0.39, 0.29) is 18.7 Å². The van der Waals surface area contributed by atoms with Crippen molar-refractivity contribution in [2.45, 2.75) is 11.5 Å². The van der Waals surface area contributed by atoms with Gasteiger partial charge in [0.25, 0.3) is 0 Å². The highest BCUT2D eigenvalue weighted by Crippen LogP contribution is 2.36. The van der Waals surface area contributed by atoms with Crippen LogP contribution in [0.5, 0.6) is 0 Å². The molecule has 0 radical (unpaired) electrons. The number of carbonyl (C=O) groups excluding carboxylic acids is 2. The van der Waals surface area contributed by atoms with Gasteiger partial charge in [-0.05, 0) is 23.8 Å². The van der Waals surface area contributed by atoms with Gasteiger partial charge in [0.15, 0.2) is 0 Å². The fourth-order valence-corrected chi connectivity index (χ4v) is 3.48. The van der Waals surface area contributed by atoms with Gasteiger partial charge in [-0.3, -0.25) is 4.90 Å². The summed E-state index contributed by atoms with van der Waals surface area (Å²) >= 11 is 1.61. The average Bonchev–Trinajstić information content (AvgIpc) is 2.65. The zero-order chi connectivity index (χ0) is 16.9. The lowest BCUT2D eigenvalue weighted by atomic mass is 10.2. The topological polar surface area (TPSA) is 55.8 Å². The van der Waals surface area contributed by atoms with Crippen molar-refractivity contribution < 1.29 is 19.1 Å². The molecule has 0 aliphatic carbocycles. The van der Waals surface area contributed by atoms with Gasteiger partial charge in [-0.25, -0.2) is 9.59 Å². The zero-order valence-electron chi connectivity index (χ0n) is 13.2. The Morgan fingerprint density at radius 1 is 1.17 bits per heavy atom. The van der Waals surface area contributed by atoms with Crippen molar-refractivity contribution in [1.82, 2.24) is 0 Å². The monoisotopic (exact) mass is 343 g/mol. The number of thioether (sulfide) groups is 1. The van der Waals surface area contributed by atoms with Crippen LogP contribution < -0.4 is 4.90 Å². The molecule has 124 valence electrons. The van der Waals surface area contributed by atoms with Crippen LogP contribution in [0.15, 0.2) is 53.4 Å². The number of amides is 1. The molecule has 0 spiro atoms. The third-order valence-corrected chi connectivity index (χ3v) is 4.69. The fourth-order valence-electron chi connectivity index (χ4n) is 2.45. The summed E-state index contributed by atoms with van der Waals surface area (Å²) in [7, 11) is 1.35. The number of fused-ring (bicyclic) bond motifs is 1. The van der Waals surface area contributed by atoms with E-state index in [4.69, 9.17) is 9.47 Å². The number of nitrogens with zero attached hydrogens (tertiary/aromatic N) is 1. The van der Waals surface area contributed by atoms with Crippen LogP contribution in [-0.4, -0.2) is 31.5 Å². The molecule has 2 aromatic carbocycles. The molecule has 1 amide bonds. The zero-order valence-corrected chi connectivity index (χ0v) is 14.0. The van der Waals surface area contributed by atoms with Crippen molar-refractivity contribution in [2.24, 2.45) is 0 Å². The van der Waals surface area contributed by atoms with Gasteiger partial charge in [0, 0.05) is 17.2 Å². The van der Waals surface area contributed by atoms with Gasteiger partial charge in [0.1, 0.15) is 6.61 Å². The SMILES string of the molecule is COC(=O)c1ccc2c(c1)SCCN2C(=O)OCc1ccccc1. The summed E-state index contributed by atoms with van der Waals surface area (Å²) < 4.78 is 10.1. The molecular formula is C18H17NO4S. The predicted octanol–water partition coefficient (Wildman–Crippen LogP) is 3.72. The first kappa shape index (κ1) is 16.4. The second-order valence-corrected chi connectivity index (χ2v) is 6.35. The summed E-state index contributed by atoms with van der Waals surface area (Å²) in [6, 6.07) is 14.7. The van der Waals surface area contributed by atoms with Crippen molar-refractivity contribution in [3.05, 3.63) is 59.7 Å². The molecule has 5 nitrogen and oxygen atoms in total. The molecule has 2 aromatic rings. The number of hydrogen-bond donors (Lipinski definition) is 0. The molecule has 0 fully saturated rings. The van der Waals surface area contributed by atoms with E-state index in [1.807, 2.05) is 30.3 Å². The molecule has 0 atom stereocenters. The van der Waals surface area contributed by atoms with E-state index in [0.717, 1.165) is 21.9 Å². The van der Waals surface area contributed by atoms with Crippen molar-refractivity contribution in [1.29, 1.82) is 0 Å². The first-order chi connectivity index (χ1) is 11.7. The maximum Gasteiger partial charge on any atom is 0.414 e. The Bertz CT molecular complexity index is 748. The summed E-state index contributed by atoms with van der Waals surface area (Å²) in [6.07, 6.45) is -0.383. The van der Waals surface area contributed by atoms with Crippen LogP contribution in [-0.2, 0) is 16.1 Å². The highest BCUT2D eigenvalue weighted by atomic mass is 32.2. The highest BCUT2D eigenvalue weighted by molar-refractivity contribution is 7.99. The van der Waals surface area contributed by atoms with Crippen molar-refractivity contribution in [3.8, 4) is 0 Å². The third kappa shape index (κ3) is 3.54. The number of carbonyl (C=O) groups is 2. The van der Waals surface area contributed by atoms with Crippen LogP contribution in [0.1, 0.15) is 15.9 Å². The van der Waals surface area contributed by atoms with E-state index in [1.165, 1.54) is 7.11 Å². The summed E-state index contributed by atoms with van der Waals surface area (Å²) in [5.74, 6) is 0.361. The highest BCUT2D eigenvalue weighted by Gasteiger charge is 2.25. The van der Waals surface area contributed by atoms with E-state index in [2.05, 4.69) is 0 Å². The second kappa shape index (κ2) is 7.40. The molecule has 0 N–H and O–H groups in total. The van der Waals surface area contributed by atoms with Crippen LogP contribution >= 0.6 is 11.8 Å². The van der Waals surface area contributed by atoms with E-state index in [9.17, 15) is 9.59 Å². The lowest BCUT2D eigenvalue weighted by molar-refractivity contribution is 0.0600. The van der Waals surface area contributed by atoms with E-state index >= 15 is 0 Å². The second-order valence-electron chi connectivity index (χ2n) is 5.21. The Balaban J connectivity index is 1.74. The minimum Gasteiger partial charge on any atom is -0.465 e. The molecular weight excluding hydrogens is 326 g/mol. The van der Waals surface area contributed by atoms with E-state index in [1.54, 1.807) is 34.9 Å². The summed E-state index contributed by atoms with van der Waals surface area (Å²) in [5.41, 5.74) is 2.18. The van der Waals surface area contributed by atoms with Gasteiger partial charge in [-0.15, -0.1) is 11.8 Å². The maximum absolute atomic E-state index is 12.4. The number of ether oxygens (including phenoxy) is 2. The lowest BCUT2D eigenvalue weighted by Gasteiger charge is -2.28. The molecule has 0 bridgehead atoms. The van der Waals surface area contributed by atoms with Gasteiger partial charge >= 0.3 is 12.1 Å². The Morgan fingerprint density at radius 3 is 2.71 bits per heavy atom. The number of hydrogen-bond acceptors (Lipinski definition) is 5. The van der Waals surface area contributed by atoms with Crippen LogP contribution in [0.25, 0.3) is 0 Å². The first-order valence-corrected chi connectivity index (χ1v) is 8.51. The van der Waals surface area contributed by atoms with Crippen LogP contribution in [0.3, 0.4) is 0 Å². The Morgan fingerprint density at radius 2 is 1.96 bits per heavy atom. The number of anilines is 1. The smallest absolute Gasteiger partial charge is 0.414 e. The van der Waals surface area contributed by atoms with Crippen LogP contribution in [0, 0.1) is 0 Å². The minimum atomic E-state index is -0.387. The predicted molar refractivity (Wildman–Crippen MR) is 92.5 cm³/mol. The molecule has 0 unspecified atom stereocenters. The van der Waals surface area contributed by atoms with Crippen molar-refractivity contribution >= 4 is 29.5 Å². The number of benzene rings is 2. The van der Waals surface area contributed by atoms with Gasteiger partial charge in [0.05, 0.1) is 18.4 Å². The molecule has 0 aromatic heterocycles. The third-order valence-electron chi connectivity index (χ3n) is 3.67. The van der Waals surface area contributed by atoms with Crippen molar-refractivity contribution in [2.75, 3.05) is 24.3 Å². The Labute approximate surface area is 144 Å². The maximum atomic E-state index is 12.4. The van der Waals surface area contributed by atoms with Crippen molar-refractivity contribution in [3.63, 3.8) is 0 Å². The first-order valence-electron chi connectivity index (χ1n) is 7.52. The van der Waals surface area contributed by atoms with Gasteiger partial charge in [-0.2, -0.15) is 0 Å². The van der Waals surface area contributed by atoms with Gasteiger partial charge < -0.3 is 9.47 Å². The molecule has 24 heavy (non-hydrogen) atoms. The molecule has 1 aliphatic rings. The van der Waals surface area contributed by atoms with Gasteiger partial charge in [-0.1, -0.05) is 30.3 Å². The van der Waals surface area contributed by atoms with E-state index < -0.39 is 0 Å². The normalized spacial score (nSPS) is 13.1. The summed E-state index contributed by atoms with van der Waals surface area (Å²) in [4.78, 5) is 26.5. The number of methoxy groups -OCH3 is 1. The largest absolute Gasteiger partial charge is 0.465 e. The molecule has 1 aliphatic heterocycles. The summed E-state index contributed by atoms with van der Waals surface area (Å²) in [6.45, 7) is 0.807. The molecule has 0 saturated heterocycles. The summed E-state index contributed by atoms with van der Waals surface area (Å²) in [5, 5.41) is 0. The Kier molecular flexibility index (Phi) is 5.05. The standard InChI is InChI=1S/C18H17NO4S/c1-22-17(20)14-7-8-15-16(11-14)24-10-9-19(15)18(21)23-12-13-5-3-2-4-6-13/h2-8,11H,9-10,12H2,1H3. The molecule has 1 heterocycles. The lowest BCUT2D eigenvalue weighted by Crippen LogP contribution is -2.35. The average molecular weight is 343 g/mol. The quantitative estimate of drug-likeness (QED) is 0.795. The number of esters is 1. The molecule has 0 saturated carbocycles. The fraction of sp³-hybridized carbons (Fsp3) is 0.222. The molecule has 6 heteroatoms. The number of rotatable bonds is 3. The Hall–Kier alpha value is -2.47. The van der Waals surface area contributed by atoms with Gasteiger partial charge in [0.2, 0.25) is 0 Å². The molecule has 3 rings (SSSR count). The minimum absolute atomic E-state index is 0.235.